The molecule has 4 rings (SSSR count). The summed E-state index contributed by atoms with van der Waals surface area (Å²) in [6, 6.07) is 12.0. The summed E-state index contributed by atoms with van der Waals surface area (Å²) in [5.41, 5.74) is 5.90. The number of pyridine rings is 1. The van der Waals surface area contributed by atoms with Gasteiger partial charge in [0.1, 0.15) is 0 Å². The van der Waals surface area contributed by atoms with Crippen LogP contribution in [0, 0.1) is 5.92 Å². The second kappa shape index (κ2) is 8.41. The zero-order valence-electron chi connectivity index (χ0n) is 15.0. The highest BCUT2D eigenvalue weighted by molar-refractivity contribution is 7.07. The van der Waals surface area contributed by atoms with E-state index >= 15 is 0 Å². The van der Waals surface area contributed by atoms with Crippen molar-refractivity contribution < 1.29 is 4.79 Å². The molecule has 0 radical (unpaired) electrons. The molecule has 0 atom stereocenters. The molecule has 1 aromatic carbocycles. The maximum Gasteiger partial charge on any atom is 0.227 e. The Kier molecular flexibility index (Phi) is 5.55. The lowest BCUT2D eigenvalue weighted by Gasteiger charge is -2.31. The van der Waals surface area contributed by atoms with Gasteiger partial charge in [-0.25, -0.2) is 4.98 Å². The van der Waals surface area contributed by atoms with Crippen LogP contribution in [-0.4, -0.2) is 33.9 Å². The molecular weight excluding hydrogens is 356 g/mol. The first-order valence-electron chi connectivity index (χ1n) is 9.19. The number of nitrogens with zero attached hydrogens (tertiary/aromatic N) is 3. The molecule has 1 amide bonds. The van der Waals surface area contributed by atoms with Gasteiger partial charge in [-0.3, -0.25) is 14.7 Å². The molecule has 138 valence electrons. The van der Waals surface area contributed by atoms with Crippen LogP contribution < -0.4 is 5.32 Å². The summed E-state index contributed by atoms with van der Waals surface area (Å²) in [4.78, 5) is 23.5. The molecule has 3 heterocycles. The van der Waals surface area contributed by atoms with E-state index in [1.54, 1.807) is 11.3 Å². The molecule has 27 heavy (non-hydrogen) atoms. The van der Waals surface area contributed by atoms with Gasteiger partial charge in [-0.05, 0) is 55.8 Å². The van der Waals surface area contributed by atoms with Crippen LogP contribution in [-0.2, 0) is 11.3 Å². The molecule has 3 aromatic rings. The van der Waals surface area contributed by atoms with Gasteiger partial charge in [-0.15, -0.1) is 11.3 Å². The van der Waals surface area contributed by atoms with E-state index in [0.29, 0.717) is 0 Å². The van der Waals surface area contributed by atoms with Crippen molar-refractivity contribution in [3.63, 3.8) is 0 Å². The predicted molar refractivity (Wildman–Crippen MR) is 108 cm³/mol. The molecule has 1 N–H and O–H groups in total. The lowest BCUT2D eigenvalue weighted by molar-refractivity contribution is -0.121. The lowest BCUT2D eigenvalue weighted by atomic mass is 9.95. The minimum atomic E-state index is 0.0709. The highest BCUT2D eigenvalue weighted by Gasteiger charge is 2.25. The summed E-state index contributed by atoms with van der Waals surface area (Å²) in [5.74, 6) is 0.190. The Labute approximate surface area is 163 Å². The molecule has 0 unspecified atom stereocenters. The molecule has 0 bridgehead atoms. The predicted octanol–water partition coefficient (Wildman–Crippen LogP) is 4.06. The number of hydrogen-bond acceptors (Lipinski definition) is 5. The SMILES string of the molecule is O=C(Nc1cccc(-c2cscn2)c1)C1CCN(Cc2ccncc2)CC1. The smallest absolute Gasteiger partial charge is 0.227 e. The fourth-order valence-electron chi connectivity index (χ4n) is 3.46. The molecule has 2 aromatic heterocycles. The van der Waals surface area contributed by atoms with Crippen LogP contribution in [0.15, 0.2) is 59.7 Å². The Hall–Kier alpha value is -2.57. The van der Waals surface area contributed by atoms with Crippen LogP contribution >= 0.6 is 11.3 Å². The van der Waals surface area contributed by atoms with E-state index in [9.17, 15) is 4.79 Å². The fraction of sp³-hybridized carbons (Fsp3) is 0.286. The summed E-state index contributed by atoms with van der Waals surface area (Å²) in [7, 11) is 0. The number of amides is 1. The van der Waals surface area contributed by atoms with E-state index in [2.05, 4.69) is 20.2 Å². The average Bonchev–Trinajstić information content (AvgIpc) is 3.24. The van der Waals surface area contributed by atoms with E-state index in [1.165, 1.54) is 5.56 Å². The van der Waals surface area contributed by atoms with Gasteiger partial charge in [0.25, 0.3) is 0 Å². The first kappa shape index (κ1) is 17.8. The van der Waals surface area contributed by atoms with Gasteiger partial charge < -0.3 is 5.32 Å². The van der Waals surface area contributed by atoms with Crippen LogP contribution in [0.25, 0.3) is 11.3 Å². The molecule has 1 saturated heterocycles. The standard InChI is InChI=1S/C21H22N4OS/c26-21(24-19-3-1-2-18(12-19)20-14-27-15-23-20)17-6-10-25(11-7-17)13-16-4-8-22-9-5-16/h1-5,8-9,12,14-15,17H,6-7,10-11,13H2,(H,24,26). The van der Waals surface area contributed by atoms with Crippen LogP contribution in [0.2, 0.25) is 0 Å². The number of piperidine rings is 1. The molecule has 0 aliphatic carbocycles. The van der Waals surface area contributed by atoms with Crippen LogP contribution in [0.3, 0.4) is 0 Å². The summed E-state index contributed by atoms with van der Waals surface area (Å²) < 4.78 is 0. The number of anilines is 1. The second-order valence-electron chi connectivity index (χ2n) is 6.85. The van der Waals surface area contributed by atoms with Crippen molar-refractivity contribution in [3.05, 3.63) is 65.2 Å². The molecule has 1 aliphatic rings. The van der Waals surface area contributed by atoms with E-state index in [4.69, 9.17) is 0 Å². The summed E-state index contributed by atoms with van der Waals surface area (Å²) in [6.45, 7) is 2.81. The van der Waals surface area contributed by atoms with Crippen molar-refractivity contribution in [1.29, 1.82) is 0 Å². The summed E-state index contributed by atoms with van der Waals surface area (Å²) >= 11 is 1.57. The molecule has 1 aliphatic heterocycles. The zero-order valence-corrected chi connectivity index (χ0v) is 15.9. The fourth-order valence-corrected chi connectivity index (χ4v) is 4.02. The largest absolute Gasteiger partial charge is 0.326 e. The van der Waals surface area contributed by atoms with Crippen LogP contribution in [0.5, 0.6) is 0 Å². The van der Waals surface area contributed by atoms with E-state index in [-0.39, 0.29) is 11.8 Å². The number of benzene rings is 1. The van der Waals surface area contributed by atoms with Gasteiger partial charge in [0.05, 0.1) is 11.2 Å². The second-order valence-corrected chi connectivity index (χ2v) is 7.57. The highest BCUT2D eigenvalue weighted by Crippen LogP contribution is 2.24. The molecule has 6 heteroatoms. The third kappa shape index (κ3) is 4.59. The number of thiazole rings is 1. The first-order valence-corrected chi connectivity index (χ1v) is 10.1. The Morgan fingerprint density at radius 1 is 1.19 bits per heavy atom. The van der Waals surface area contributed by atoms with E-state index in [1.807, 2.05) is 59.7 Å². The van der Waals surface area contributed by atoms with Crippen molar-refractivity contribution in [2.45, 2.75) is 19.4 Å². The molecule has 0 spiro atoms. The lowest BCUT2D eigenvalue weighted by Crippen LogP contribution is -2.37. The normalized spacial score (nSPS) is 15.6. The molecule has 5 nitrogen and oxygen atoms in total. The maximum atomic E-state index is 12.7. The van der Waals surface area contributed by atoms with Crippen molar-refractivity contribution in [3.8, 4) is 11.3 Å². The topological polar surface area (TPSA) is 58.1 Å². The van der Waals surface area contributed by atoms with Crippen LogP contribution in [0.1, 0.15) is 18.4 Å². The monoisotopic (exact) mass is 378 g/mol. The number of carbonyl (C=O) groups excluding carboxylic acids is 1. The Balaban J connectivity index is 1.31. The van der Waals surface area contributed by atoms with Gasteiger partial charge >= 0.3 is 0 Å². The summed E-state index contributed by atoms with van der Waals surface area (Å²) in [5, 5.41) is 5.10. The zero-order chi connectivity index (χ0) is 18.5. The third-order valence-corrected chi connectivity index (χ3v) is 5.56. The summed E-state index contributed by atoms with van der Waals surface area (Å²) in [6.07, 6.45) is 5.44. The number of likely N-dealkylation sites (tertiary alicyclic amines) is 1. The van der Waals surface area contributed by atoms with Crippen molar-refractivity contribution in [2.75, 3.05) is 18.4 Å². The Morgan fingerprint density at radius 3 is 2.74 bits per heavy atom. The number of carbonyl (C=O) groups is 1. The minimum absolute atomic E-state index is 0.0709. The van der Waals surface area contributed by atoms with Crippen molar-refractivity contribution >= 4 is 22.9 Å². The minimum Gasteiger partial charge on any atom is -0.326 e. The molecular formula is C21H22N4OS. The first-order chi connectivity index (χ1) is 13.3. The highest BCUT2D eigenvalue weighted by atomic mass is 32.1. The van der Waals surface area contributed by atoms with E-state index < -0.39 is 0 Å². The quantitative estimate of drug-likeness (QED) is 0.727. The van der Waals surface area contributed by atoms with Gasteiger partial charge in [0, 0.05) is 41.5 Å². The van der Waals surface area contributed by atoms with Gasteiger partial charge in [0.2, 0.25) is 5.91 Å². The van der Waals surface area contributed by atoms with Crippen molar-refractivity contribution in [2.24, 2.45) is 5.92 Å². The van der Waals surface area contributed by atoms with Crippen LogP contribution in [0.4, 0.5) is 5.69 Å². The number of hydrogen-bond donors (Lipinski definition) is 1. The average molecular weight is 379 g/mol. The third-order valence-electron chi connectivity index (χ3n) is 4.97. The maximum absolute atomic E-state index is 12.7. The number of nitrogens with one attached hydrogen (secondary N) is 1. The van der Waals surface area contributed by atoms with Gasteiger partial charge in [-0.1, -0.05) is 12.1 Å². The van der Waals surface area contributed by atoms with Gasteiger partial charge in [0.15, 0.2) is 0 Å². The molecule has 0 saturated carbocycles. The Morgan fingerprint density at radius 2 is 2.00 bits per heavy atom. The van der Waals surface area contributed by atoms with Crippen molar-refractivity contribution in [1.82, 2.24) is 14.9 Å². The number of aromatic nitrogens is 2. The van der Waals surface area contributed by atoms with E-state index in [0.717, 1.165) is 49.4 Å². The molecule has 1 fully saturated rings. The van der Waals surface area contributed by atoms with Gasteiger partial charge in [-0.2, -0.15) is 0 Å². The number of rotatable bonds is 5. The Bertz CT molecular complexity index is 874.